The molecular formula is C24H27ClN4O2. The molecule has 4 rings (SSSR count). The van der Waals surface area contributed by atoms with E-state index in [1.54, 1.807) is 16.7 Å². The molecule has 3 aromatic rings. The Labute approximate surface area is 186 Å². The molecular weight excluding hydrogens is 412 g/mol. The minimum absolute atomic E-state index is 0.118. The maximum atomic E-state index is 13.0. The number of carbonyl (C=O) groups excluding carboxylic acids is 1. The monoisotopic (exact) mass is 438 g/mol. The average Bonchev–Trinajstić information content (AvgIpc) is 3.50. The zero-order chi connectivity index (χ0) is 22.2. The highest BCUT2D eigenvalue weighted by atomic mass is 35.5. The van der Waals surface area contributed by atoms with Crippen LogP contribution in [0.25, 0.3) is 11.4 Å². The number of carbonyl (C=O) groups is 1. The Hall–Kier alpha value is -2.86. The molecule has 0 unspecified atom stereocenters. The first kappa shape index (κ1) is 21.4. The molecule has 0 radical (unpaired) electrons. The summed E-state index contributed by atoms with van der Waals surface area (Å²) >= 11 is 6.00. The third-order valence-electron chi connectivity index (χ3n) is 5.63. The van der Waals surface area contributed by atoms with Gasteiger partial charge in [-0.1, -0.05) is 41.4 Å². The van der Waals surface area contributed by atoms with Crippen LogP contribution in [0.5, 0.6) is 0 Å². The normalized spacial score (nSPS) is 13.9. The largest absolute Gasteiger partial charge is 0.347 e. The van der Waals surface area contributed by atoms with Crippen LogP contribution in [0.1, 0.15) is 50.3 Å². The molecule has 1 heterocycles. The zero-order valence-corrected chi connectivity index (χ0v) is 18.8. The summed E-state index contributed by atoms with van der Waals surface area (Å²) < 4.78 is 3.15. The van der Waals surface area contributed by atoms with Gasteiger partial charge in [0.1, 0.15) is 0 Å². The minimum Gasteiger partial charge on any atom is -0.347 e. The zero-order valence-electron chi connectivity index (χ0n) is 18.1. The van der Waals surface area contributed by atoms with Gasteiger partial charge in [-0.2, -0.15) is 0 Å². The van der Waals surface area contributed by atoms with E-state index in [9.17, 15) is 9.59 Å². The van der Waals surface area contributed by atoms with E-state index in [2.05, 4.69) is 16.5 Å². The van der Waals surface area contributed by atoms with Gasteiger partial charge in [0.05, 0.1) is 12.1 Å². The highest BCUT2D eigenvalue weighted by molar-refractivity contribution is 6.30. The Morgan fingerprint density at radius 2 is 1.90 bits per heavy atom. The van der Waals surface area contributed by atoms with Gasteiger partial charge in [0, 0.05) is 23.0 Å². The van der Waals surface area contributed by atoms with Crippen LogP contribution in [0.15, 0.2) is 53.3 Å². The van der Waals surface area contributed by atoms with Gasteiger partial charge in [-0.25, -0.2) is 9.48 Å². The standard InChI is InChI=1S/C24H27ClN4O2/c1-16-5-4-6-18(15-16)24(2,3)26-21(30)13-14-28-23(31)29(20-11-12-20)22(27-28)17-7-9-19(25)10-8-17/h4-10,15,20H,11-14H2,1-3H3,(H,26,30). The first-order valence-electron chi connectivity index (χ1n) is 10.6. The highest BCUT2D eigenvalue weighted by Gasteiger charge is 2.30. The van der Waals surface area contributed by atoms with E-state index in [1.165, 1.54) is 4.68 Å². The number of hydrogen-bond donors (Lipinski definition) is 1. The molecule has 1 fully saturated rings. The summed E-state index contributed by atoms with van der Waals surface area (Å²) in [5.41, 5.74) is 2.36. The summed E-state index contributed by atoms with van der Waals surface area (Å²) in [7, 11) is 0. The summed E-state index contributed by atoms with van der Waals surface area (Å²) in [5, 5.41) is 8.27. The van der Waals surface area contributed by atoms with Crippen LogP contribution >= 0.6 is 11.6 Å². The van der Waals surface area contributed by atoms with E-state index < -0.39 is 5.54 Å². The molecule has 31 heavy (non-hydrogen) atoms. The number of hydrogen-bond acceptors (Lipinski definition) is 3. The lowest BCUT2D eigenvalue weighted by Crippen LogP contribution is -2.41. The first-order chi connectivity index (χ1) is 14.7. The van der Waals surface area contributed by atoms with E-state index in [1.807, 2.05) is 51.1 Å². The second kappa shape index (κ2) is 8.35. The number of rotatable bonds is 7. The van der Waals surface area contributed by atoms with Crippen LogP contribution in [-0.4, -0.2) is 20.3 Å². The van der Waals surface area contributed by atoms with E-state index in [4.69, 9.17) is 11.6 Å². The van der Waals surface area contributed by atoms with Crippen molar-refractivity contribution in [2.24, 2.45) is 0 Å². The van der Waals surface area contributed by atoms with Gasteiger partial charge in [0.25, 0.3) is 0 Å². The van der Waals surface area contributed by atoms with Gasteiger partial charge in [0.15, 0.2) is 5.82 Å². The molecule has 1 aliphatic rings. The smallest absolute Gasteiger partial charge is 0.346 e. The van der Waals surface area contributed by atoms with E-state index in [-0.39, 0.29) is 30.6 Å². The quantitative estimate of drug-likeness (QED) is 0.592. The van der Waals surface area contributed by atoms with Crippen molar-refractivity contribution in [3.8, 4) is 11.4 Å². The first-order valence-corrected chi connectivity index (χ1v) is 11.0. The Bertz CT molecular complexity index is 1160. The number of aryl methyl sites for hydroxylation is 2. The fourth-order valence-corrected chi connectivity index (χ4v) is 3.87. The molecule has 0 aliphatic heterocycles. The maximum Gasteiger partial charge on any atom is 0.346 e. The number of halogens is 1. The van der Waals surface area contributed by atoms with Gasteiger partial charge < -0.3 is 5.32 Å². The van der Waals surface area contributed by atoms with E-state index in [0.29, 0.717) is 10.8 Å². The van der Waals surface area contributed by atoms with Crippen LogP contribution in [-0.2, 0) is 16.9 Å². The molecule has 1 saturated carbocycles. The molecule has 0 spiro atoms. The average molecular weight is 439 g/mol. The fourth-order valence-electron chi connectivity index (χ4n) is 3.75. The molecule has 0 saturated heterocycles. The van der Waals surface area contributed by atoms with Crippen molar-refractivity contribution in [1.82, 2.24) is 19.7 Å². The Morgan fingerprint density at radius 3 is 2.55 bits per heavy atom. The Morgan fingerprint density at radius 1 is 1.19 bits per heavy atom. The van der Waals surface area contributed by atoms with Gasteiger partial charge >= 0.3 is 5.69 Å². The molecule has 0 bridgehead atoms. The molecule has 2 aromatic carbocycles. The van der Waals surface area contributed by atoms with Crippen LogP contribution in [0.4, 0.5) is 0 Å². The summed E-state index contributed by atoms with van der Waals surface area (Å²) in [5.74, 6) is 0.511. The lowest BCUT2D eigenvalue weighted by molar-refractivity contribution is -0.123. The molecule has 1 aromatic heterocycles. The van der Waals surface area contributed by atoms with Gasteiger partial charge in [-0.15, -0.1) is 5.10 Å². The van der Waals surface area contributed by atoms with Crippen molar-refractivity contribution in [1.29, 1.82) is 0 Å². The SMILES string of the molecule is Cc1cccc(C(C)(C)NC(=O)CCn2nc(-c3ccc(Cl)cc3)n(C3CC3)c2=O)c1. The number of nitrogens with one attached hydrogen (secondary N) is 1. The summed E-state index contributed by atoms with van der Waals surface area (Å²) in [4.78, 5) is 25.6. The summed E-state index contributed by atoms with van der Waals surface area (Å²) in [6, 6.07) is 15.6. The number of aromatic nitrogens is 3. The topological polar surface area (TPSA) is 68.9 Å². The van der Waals surface area contributed by atoms with Crippen LogP contribution in [0.2, 0.25) is 5.02 Å². The second-order valence-corrected chi connectivity index (χ2v) is 9.17. The molecule has 6 nitrogen and oxygen atoms in total. The van der Waals surface area contributed by atoms with Gasteiger partial charge in [-0.05, 0) is 63.4 Å². The van der Waals surface area contributed by atoms with Crippen LogP contribution in [0, 0.1) is 6.92 Å². The number of amides is 1. The highest BCUT2D eigenvalue weighted by Crippen LogP contribution is 2.36. The van der Waals surface area contributed by atoms with Crippen molar-refractivity contribution >= 4 is 17.5 Å². The fraction of sp³-hybridized carbons (Fsp3) is 0.375. The molecule has 1 N–H and O–H groups in total. The van der Waals surface area contributed by atoms with Crippen molar-refractivity contribution < 1.29 is 4.79 Å². The third-order valence-corrected chi connectivity index (χ3v) is 5.88. The molecule has 1 aliphatic carbocycles. The van der Waals surface area contributed by atoms with Crippen LogP contribution < -0.4 is 11.0 Å². The summed E-state index contributed by atoms with van der Waals surface area (Å²) in [6.07, 6.45) is 2.12. The van der Waals surface area contributed by atoms with Crippen molar-refractivity contribution in [3.05, 3.63) is 75.2 Å². The predicted octanol–water partition coefficient (Wildman–Crippen LogP) is 4.45. The van der Waals surface area contributed by atoms with Gasteiger partial charge in [-0.3, -0.25) is 9.36 Å². The van der Waals surface area contributed by atoms with Gasteiger partial charge in [0.2, 0.25) is 5.91 Å². The Kier molecular flexibility index (Phi) is 5.75. The number of benzene rings is 2. The minimum atomic E-state index is -0.504. The van der Waals surface area contributed by atoms with E-state index >= 15 is 0 Å². The van der Waals surface area contributed by atoms with Crippen molar-refractivity contribution in [2.45, 2.75) is 58.2 Å². The number of nitrogens with zero attached hydrogens (tertiary/aromatic N) is 3. The molecule has 7 heteroatoms. The lowest BCUT2D eigenvalue weighted by atomic mass is 9.93. The molecule has 1 amide bonds. The van der Waals surface area contributed by atoms with Crippen molar-refractivity contribution in [3.63, 3.8) is 0 Å². The second-order valence-electron chi connectivity index (χ2n) is 8.73. The maximum absolute atomic E-state index is 13.0. The summed E-state index contributed by atoms with van der Waals surface area (Å²) in [6.45, 7) is 6.22. The van der Waals surface area contributed by atoms with E-state index in [0.717, 1.165) is 29.5 Å². The molecule has 0 atom stereocenters. The Balaban J connectivity index is 1.49. The van der Waals surface area contributed by atoms with Crippen molar-refractivity contribution in [2.75, 3.05) is 0 Å². The van der Waals surface area contributed by atoms with Crippen LogP contribution in [0.3, 0.4) is 0 Å². The lowest BCUT2D eigenvalue weighted by Gasteiger charge is -2.27. The molecule has 162 valence electrons. The predicted molar refractivity (Wildman–Crippen MR) is 122 cm³/mol. The third kappa shape index (κ3) is 4.74.